The van der Waals surface area contributed by atoms with Gasteiger partial charge in [0.1, 0.15) is 0 Å². The predicted molar refractivity (Wildman–Crippen MR) is 105 cm³/mol. The van der Waals surface area contributed by atoms with E-state index >= 15 is 0 Å². The summed E-state index contributed by atoms with van der Waals surface area (Å²) in [5.41, 5.74) is 0. The van der Waals surface area contributed by atoms with Crippen LogP contribution in [0.1, 0.15) is 71.1 Å². The van der Waals surface area contributed by atoms with Gasteiger partial charge in [0, 0.05) is 9.92 Å². The first kappa shape index (κ1) is 21.4. The number of hydrogen-bond acceptors (Lipinski definition) is 3. The molecule has 0 aliphatic rings. The van der Waals surface area contributed by atoms with Crippen LogP contribution in [0.3, 0.4) is 0 Å². The third kappa shape index (κ3) is 11.8. The van der Waals surface area contributed by atoms with Gasteiger partial charge >= 0.3 is 5.97 Å². The minimum absolute atomic E-state index is 0.133. The van der Waals surface area contributed by atoms with E-state index < -0.39 is 0 Å². The number of carbonyl (C=O) groups excluding carboxylic acids is 1. The zero-order chi connectivity index (χ0) is 17.5. The van der Waals surface area contributed by atoms with Gasteiger partial charge in [-0.05, 0) is 30.7 Å². The first-order chi connectivity index (χ1) is 11.7. The molecule has 0 spiro atoms. The summed E-state index contributed by atoms with van der Waals surface area (Å²) in [6.45, 7) is 2.81. The molecule has 0 aliphatic carbocycles. The number of esters is 1. The van der Waals surface area contributed by atoms with Gasteiger partial charge in [0.05, 0.1) is 12.4 Å². The molecule has 0 N–H and O–H groups in total. The Morgan fingerprint density at radius 3 is 2.04 bits per heavy atom. The molecule has 0 aliphatic heterocycles. The van der Waals surface area contributed by atoms with Crippen molar-refractivity contribution < 1.29 is 9.53 Å². The summed E-state index contributed by atoms with van der Waals surface area (Å²) in [5.74, 6) is 0.227. The van der Waals surface area contributed by atoms with Crippen molar-refractivity contribution in [2.45, 2.75) is 76.0 Å². The lowest BCUT2D eigenvalue weighted by atomic mass is 10.1. The molecule has 0 amide bonds. The zero-order valence-corrected chi connectivity index (χ0v) is 16.5. The molecule has 2 nitrogen and oxygen atoms in total. The van der Waals surface area contributed by atoms with Crippen molar-refractivity contribution in [1.82, 2.24) is 0 Å². The molecule has 0 heterocycles. The minimum atomic E-state index is -0.133. The number of rotatable bonds is 14. The number of carbonyl (C=O) groups is 1. The maximum atomic E-state index is 11.7. The van der Waals surface area contributed by atoms with E-state index in [0.29, 0.717) is 17.4 Å². The molecule has 0 radical (unpaired) electrons. The van der Waals surface area contributed by atoms with E-state index in [1.54, 1.807) is 0 Å². The van der Waals surface area contributed by atoms with Crippen LogP contribution in [0.5, 0.6) is 0 Å². The third-order valence-corrected chi connectivity index (χ3v) is 5.17. The first-order valence-electron chi connectivity index (χ1n) is 9.26. The molecule has 0 atom stereocenters. The van der Waals surface area contributed by atoms with Crippen molar-refractivity contribution in [2.75, 3.05) is 12.4 Å². The van der Waals surface area contributed by atoms with Gasteiger partial charge in [-0.15, -0.1) is 11.8 Å². The second-order valence-electron chi connectivity index (χ2n) is 6.15. The summed E-state index contributed by atoms with van der Waals surface area (Å²) in [5, 5.41) is 0.711. The molecule has 136 valence electrons. The molecule has 24 heavy (non-hydrogen) atoms. The quantitative estimate of drug-likeness (QED) is 0.202. The fraction of sp³-hybridized carbons (Fsp3) is 0.650. The molecule has 0 bridgehead atoms. The SMILES string of the molecule is CCCCCCCCCCCCOC(=O)CSc1ccc(Cl)cc1. The van der Waals surface area contributed by atoms with E-state index in [1.807, 2.05) is 24.3 Å². The Labute approximate surface area is 156 Å². The molecule has 4 heteroatoms. The van der Waals surface area contributed by atoms with Crippen LogP contribution in [-0.4, -0.2) is 18.3 Å². The maximum absolute atomic E-state index is 11.7. The van der Waals surface area contributed by atoms with Crippen LogP contribution in [-0.2, 0) is 9.53 Å². The van der Waals surface area contributed by atoms with Crippen molar-refractivity contribution in [3.8, 4) is 0 Å². The number of unbranched alkanes of at least 4 members (excludes halogenated alkanes) is 9. The van der Waals surface area contributed by atoms with Crippen molar-refractivity contribution in [2.24, 2.45) is 0 Å². The Balaban J connectivity index is 1.88. The average Bonchev–Trinajstić information content (AvgIpc) is 2.59. The highest BCUT2D eigenvalue weighted by Crippen LogP contribution is 2.20. The van der Waals surface area contributed by atoms with Crippen LogP contribution in [0, 0.1) is 0 Å². The largest absolute Gasteiger partial charge is 0.465 e. The normalized spacial score (nSPS) is 10.8. The Hall–Kier alpha value is -0.670. The monoisotopic (exact) mass is 370 g/mol. The second-order valence-corrected chi connectivity index (χ2v) is 7.63. The highest BCUT2D eigenvalue weighted by atomic mass is 35.5. The van der Waals surface area contributed by atoms with Gasteiger partial charge in [-0.3, -0.25) is 4.79 Å². The van der Waals surface area contributed by atoms with E-state index in [-0.39, 0.29) is 5.97 Å². The summed E-state index contributed by atoms with van der Waals surface area (Å²) in [7, 11) is 0. The van der Waals surface area contributed by atoms with Gasteiger partial charge in [0.2, 0.25) is 0 Å². The summed E-state index contributed by atoms with van der Waals surface area (Å²) >= 11 is 7.32. The van der Waals surface area contributed by atoms with Gasteiger partial charge < -0.3 is 4.74 Å². The molecular formula is C20H31ClO2S. The van der Waals surface area contributed by atoms with Crippen LogP contribution in [0.15, 0.2) is 29.2 Å². The van der Waals surface area contributed by atoms with E-state index in [4.69, 9.17) is 16.3 Å². The lowest BCUT2D eigenvalue weighted by molar-refractivity contribution is -0.140. The van der Waals surface area contributed by atoms with Gasteiger partial charge in [-0.1, -0.05) is 76.3 Å². The summed E-state index contributed by atoms with van der Waals surface area (Å²) < 4.78 is 5.27. The molecule has 0 saturated carbocycles. The zero-order valence-electron chi connectivity index (χ0n) is 14.9. The third-order valence-electron chi connectivity index (χ3n) is 3.93. The number of halogens is 1. The Morgan fingerprint density at radius 1 is 0.917 bits per heavy atom. The molecule has 0 fully saturated rings. The number of thioether (sulfide) groups is 1. The topological polar surface area (TPSA) is 26.3 Å². The minimum Gasteiger partial charge on any atom is -0.465 e. The average molecular weight is 371 g/mol. The van der Waals surface area contributed by atoms with Crippen molar-refractivity contribution in [3.63, 3.8) is 0 Å². The smallest absolute Gasteiger partial charge is 0.316 e. The van der Waals surface area contributed by atoms with Crippen LogP contribution in [0.4, 0.5) is 0 Å². The van der Waals surface area contributed by atoms with E-state index in [0.717, 1.165) is 17.7 Å². The maximum Gasteiger partial charge on any atom is 0.316 e. The molecular weight excluding hydrogens is 340 g/mol. The van der Waals surface area contributed by atoms with Crippen molar-refractivity contribution in [1.29, 1.82) is 0 Å². The fourth-order valence-electron chi connectivity index (χ4n) is 2.49. The molecule has 0 aromatic heterocycles. The Kier molecular flexibility index (Phi) is 13.1. The molecule has 1 aromatic rings. The lowest BCUT2D eigenvalue weighted by Gasteiger charge is -2.05. The van der Waals surface area contributed by atoms with Crippen LogP contribution >= 0.6 is 23.4 Å². The number of hydrogen-bond donors (Lipinski definition) is 0. The molecule has 0 saturated heterocycles. The van der Waals surface area contributed by atoms with Crippen molar-refractivity contribution >= 4 is 29.3 Å². The fourth-order valence-corrected chi connectivity index (χ4v) is 3.31. The molecule has 1 rings (SSSR count). The first-order valence-corrected chi connectivity index (χ1v) is 10.6. The van der Waals surface area contributed by atoms with E-state index in [9.17, 15) is 4.79 Å². The molecule has 1 aromatic carbocycles. The van der Waals surface area contributed by atoms with Crippen LogP contribution < -0.4 is 0 Å². The second kappa shape index (κ2) is 14.7. The summed E-state index contributed by atoms with van der Waals surface area (Å²) in [6.07, 6.45) is 12.9. The van der Waals surface area contributed by atoms with Crippen LogP contribution in [0.25, 0.3) is 0 Å². The van der Waals surface area contributed by atoms with E-state index in [2.05, 4.69) is 6.92 Å². The highest BCUT2D eigenvalue weighted by Gasteiger charge is 2.04. The van der Waals surface area contributed by atoms with Crippen LogP contribution in [0.2, 0.25) is 5.02 Å². The number of ether oxygens (including phenoxy) is 1. The molecule has 0 unspecified atom stereocenters. The summed E-state index contributed by atoms with van der Waals surface area (Å²) in [6, 6.07) is 7.50. The standard InChI is InChI=1S/C20H31ClO2S/c1-2-3-4-5-6-7-8-9-10-11-16-23-20(22)17-24-19-14-12-18(21)13-15-19/h12-15H,2-11,16-17H2,1H3. The Morgan fingerprint density at radius 2 is 1.46 bits per heavy atom. The highest BCUT2D eigenvalue weighted by molar-refractivity contribution is 8.00. The predicted octanol–water partition coefficient (Wildman–Crippen LogP) is 6.90. The van der Waals surface area contributed by atoms with Gasteiger partial charge in [0.15, 0.2) is 0 Å². The van der Waals surface area contributed by atoms with Gasteiger partial charge in [-0.2, -0.15) is 0 Å². The van der Waals surface area contributed by atoms with Gasteiger partial charge in [0.25, 0.3) is 0 Å². The van der Waals surface area contributed by atoms with E-state index in [1.165, 1.54) is 63.1 Å². The van der Waals surface area contributed by atoms with Crippen molar-refractivity contribution in [3.05, 3.63) is 29.3 Å². The lowest BCUT2D eigenvalue weighted by Crippen LogP contribution is -2.08. The number of benzene rings is 1. The van der Waals surface area contributed by atoms with Gasteiger partial charge in [-0.25, -0.2) is 0 Å². The summed E-state index contributed by atoms with van der Waals surface area (Å²) in [4.78, 5) is 12.7. The Bertz CT molecular complexity index is 434.